The third-order valence-corrected chi connectivity index (χ3v) is 2.90. The summed E-state index contributed by atoms with van der Waals surface area (Å²) >= 11 is 5.23. The van der Waals surface area contributed by atoms with E-state index in [4.69, 9.17) is 17.0 Å². The van der Waals surface area contributed by atoms with Crippen LogP contribution in [0.5, 0.6) is 0 Å². The molecule has 0 N–H and O–H groups in total. The van der Waals surface area contributed by atoms with Crippen molar-refractivity contribution in [3.63, 3.8) is 0 Å². The Morgan fingerprint density at radius 1 is 1.31 bits per heavy atom. The van der Waals surface area contributed by atoms with Crippen molar-refractivity contribution >= 4 is 17.4 Å². The van der Waals surface area contributed by atoms with Crippen molar-refractivity contribution in [3.05, 3.63) is 0 Å². The number of likely N-dealkylation sites (tertiary alicyclic amines) is 1. The second-order valence-corrected chi connectivity index (χ2v) is 3.87. The fraction of sp³-hybridized carbons (Fsp3) is 0.900. The van der Waals surface area contributed by atoms with Gasteiger partial charge in [-0.15, -0.1) is 0 Å². The van der Waals surface area contributed by atoms with Gasteiger partial charge in [0.05, 0.1) is 0 Å². The van der Waals surface area contributed by atoms with E-state index in [1.165, 1.54) is 12.8 Å². The number of thiocarbonyl (C=S) groups is 1. The molecule has 2 nitrogen and oxygen atoms in total. The fourth-order valence-corrected chi connectivity index (χ4v) is 1.89. The lowest BCUT2D eigenvalue weighted by Gasteiger charge is -2.23. The Hall–Kier alpha value is -0.310. The minimum absolute atomic E-state index is 0.313. The first-order chi connectivity index (χ1) is 6.27. The van der Waals surface area contributed by atoms with E-state index >= 15 is 0 Å². The van der Waals surface area contributed by atoms with Crippen molar-refractivity contribution in [1.82, 2.24) is 4.90 Å². The molecule has 0 bridgehead atoms. The van der Waals surface area contributed by atoms with Gasteiger partial charge < -0.3 is 9.64 Å². The van der Waals surface area contributed by atoms with Crippen LogP contribution in [0.25, 0.3) is 0 Å². The van der Waals surface area contributed by atoms with Gasteiger partial charge in [-0.3, -0.25) is 0 Å². The van der Waals surface area contributed by atoms with Crippen LogP contribution in [0.4, 0.5) is 0 Å². The molecule has 0 aromatic heterocycles. The summed E-state index contributed by atoms with van der Waals surface area (Å²) in [4.78, 5) is 2.17. The molecule has 0 aromatic rings. The lowest BCUT2D eigenvalue weighted by Crippen LogP contribution is -2.31. The molecule has 0 atom stereocenters. The third kappa shape index (κ3) is 3.14. The Balaban J connectivity index is 2.30. The average Bonchev–Trinajstić information content (AvgIpc) is 2.66. The van der Waals surface area contributed by atoms with Gasteiger partial charge in [0.25, 0.3) is 5.17 Å². The Labute approximate surface area is 86.3 Å². The highest BCUT2D eigenvalue weighted by Gasteiger charge is 2.17. The lowest BCUT2D eigenvalue weighted by molar-refractivity contribution is 0.155. The van der Waals surface area contributed by atoms with Crippen LogP contribution in [0.2, 0.25) is 0 Å². The van der Waals surface area contributed by atoms with E-state index < -0.39 is 0 Å². The maximum absolute atomic E-state index is 5.69. The van der Waals surface area contributed by atoms with E-state index in [0.29, 0.717) is 11.3 Å². The van der Waals surface area contributed by atoms with Crippen LogP contribution in [0.15, 0.2) is 0 Å². The van der Waals surface area contributed by atoms with Gasteiger partial charge in [-0.25, -0.2) is 0 Å². The van der Waals surface area contributed by atoms with Crippen molar-refractivity contribution in [2.45, 2.75) is 45.6 Å². The molecule has 0 unspecified atom stereocenters. The molecule has 1 heterocycles. The molecule has 0 saturated carbocycles. The standard InChI is InChI=1S/C10H19NOS/c1-3-9(4-2)12-10(13)11-7-5-6-8-11/h9H,3-8H2,1-2H3. The second kappa shape index (κ2) is 5.43. The van der Waals surface area contributed by atoms with Gasteiger partial charge in [0.2, 0.25) is 0 Å². The summed E-state index contributed by atoms with van der Waals surface area (Å²) in [5.74, 6) is 0. The minimum Gasteiger partial charge on any atom is -0.468 e. The Kier molecular flexibility index (Phi) is 4.50. The van der Waals surface area contributed by atoms with Gasteiger partial charge >= 0.3 is 0 Å². The molecule has 0 aromatic carbocycles. The van der Waals surface area contributed by atoms with Crippen LogP contribution in [-0.2, 0) is 4.74 Å². The summed E-state index contributed by atoms with van der Waals surface area (Å²) in [6, 6.07) is 0. The first-order valence-corrected chi connectivity index (χ1v) is 5.64. The molecule has 3 heteroatoms. The van der Waals surface area contributed by atoms with Crippen LogP contribution >= 0.6 is 12.2 Å². The molecule has 0 amide bonds. The number of rotatable bonds is 3. The summed E-state index contributed by atoms with van der Waals surface area (Å²) in [5, 5.41) is 0.714. The van der Waals surface area contributed by atoms with E-state index in [9.17, 15) is 0 Å². The summed E-state index contributed by atoms with van der Waals surface area (Å²) in [6.07, 6.45) is 4.92. The van der Waals surface area contributed by atoms with Gasteiger partial charge in [-0.05, 0) is 37.9 Å². The summed E-state index contributed by atoms with van der Waals surface area (Å²) < 4.78 is 5.69. The van der Waals surface area contributed by atoms with E-state index in [2.05, 4.69) is 18.7 Å². The topological polar surface area (TPSA) is 12.5 Å². The van der Waals surface area contributed by atoms with E-state index in [-0.39, 0.29) is 0 Å². The van der Waals surface area contributed by atoms with Crippen LogP contribution in [-0.4, -0.2) is 29.3 Å². The zero-order valence-electron chi connectivity index (χ0n) is 8.58. The van der Waals surface area contributed by atoms with Crippen molar-refractivity contribution in [2.75, 3.05) is 13.1 Å². The quantitative estimate of drug-likeness (QED) is 0.651. The van der Waals surface area contributed by atoms with E-state index in [1.807, 2.05) is 0 Å². The van der Waals surface area contributed by atoms with Crippen molar-refractivity contribution in [3.8, 4) is 0 Å². The largest absolute Gasteiger partial charge is 0.468 e. The van der Waals surface area contributed by atoms with E-state index in [1.54, 1.807) is 0 Å². The summed E-state index contributed by atoms with van der Waals surface area (Å²) in [7, 11) is 0. The number of nitrogens with zero attached hydrogens (tertiary/aromatic N) is 1. The number of hydrogen-bond acceptors (Lipinski definition) is 2. The molecule has 0 aliphatic carbocycles. The highest BCUT2D eigenvalue weighted by molar-refractivity contribution is 7.80. The molecule has 76 valence electrons. The zero-order chi connectivity index (χ0) is 9.68. The predicted octanol–water partition coefficient (Wildman–Crippen LogP) is 2.57. The molecular weight excluding hydrogens is 182 g/mol. The fourth-order valence-electron chi connectivity index (χ4n) is 1.57. The monoisotopic (exact) mass is 201 g/mol. The van der Waals surface area contributed by atoms with Crippen molar-refractivity contribution in [2.24, 2.45) is 0 Å². The highest BCUT2D eigenvalue weighted by Crippen LogP contribution is 2.12. The second-order valence-electron chi connectivity index (χ2n) is 3.52. The van der Waals surface area contributed by atoms with Crippen LogP contribution < -0.4 is 0 Å². The van der Waals surface area contributed by atoms with E-state index in [0.717, 1.165) is 25.9 Å². The Morgan fingerprint density at radius 2 is 1.85 bits per heavy atom. The van der Waals surface area contributed by atoms with Gasteiger partial charge in [-0.2, -0.15) is 0 Å². The first kappa shape index (κ1) is 10.8. The smallest absolute Gasteiger partial charge is 0.259 e. The maximum atomic E-state index is 5.69. The SMILES string of the molecule is CCC(CC)OC(=S)N1CCCC1. The Bertz CT molecular complexity index is 162. The first-order valence-electron chi connectivity index (χ1n) is 5.23. The minimum atomic E-state index is 0.313. The molecule has 1 fully saturated rings. The zero-order valence-corrected chi connectivity index (χ0v) is 9.40. The van der Waals surface area contributed by atoms with Crippen molar-refractivity contribution in [1.29, 1.82) is 0 Å². The molecule has 13 heavy (non-hydrogen) atoms. The van der Waals surface area contributed by atoms with Gasteiger partial charge in [0.1, 0.15) is 6.10 Å². The molecule has 1 saturated heterocycles. The van der Waals surface area contributed by atoms with Crippen LogP contribution in [0.3, 0.4) is 0 Å². The summed E-state index contributed by atoms with van der Waals surface area (Å²) in [6.45, 7) is 6.44. The number of hydrogen-bond donors (Lipinski definition) is 0. The van der Waals surface area contributed by atoms with Crippen molar-refractivity contribution < 1.29 is 4.74 Å². The Morgan fingerprint density at radius 3 is 2.31 bits per heavy atom. The van der Waals surface area contributed by atoms with Gasteiger partial charge in [-0.1, -0.05) is 13.8 Å². The number of ether oxygens (including phenoxy) is 1. The normalized spacial score (nSPS) is 16.7. The molecule has 1 rings (SSSR count). The molecule has 1 aliphatic rings. The maximum Gasteiger partial charge on any atom is 0.259 e. The summed E-state index contributed by atoms with van der Waals surface area (Å²) in [5.41, 5.74) is 0. The van der Waals surface area contributed by atoms with Crippen LogP contribution in [0, 0.1) is 0 Å². The van der Waals surface area contributed by atoms with Gasteiger partial charge in [0.15, 0.2) is 0 Å². The van der Waals surface area contributed by atoms with Gasteiger partial charge in [0, 0.05) is 13.1 Å². The average molecular weight is 201 g/mol. The third-order valence-electron chi connectivity index (χ3n) is 2.54. The van der Waals surface area contributed by atoms with Crippen LogP contribution in [0.1, 0.15) is 39.5 Å². The lowest BCUT2D eigenvalue weighted by atomic mass is 10.2. The molecule has 1 aliphatic heterocycles. The highest BCUT2D eigenvalue weighted by atomic mass is 32.1. The molecular formula is C10H19NOS. The molecule has 0 radical (unpaired) electrons. The molecule has 0 spiro atoms. The predicted molar refractivity (Wildman–Crippen MR) is 58.9 cm³/mol.